The number of aliphatic hydroxyl groups excluding tert-OH is 1. The Hall–Kier alpha value is -0.910. The molecule has 0 radical (unpaired) electrons. The summed E-state index contributed by atoms with van der Waals surface area (Å²) in [7, 11) is 0. The Kier molecular flexibility index (Phi) is 4.15. The topological polar surface area (TPSA) is 50.5 Å². The van der Waals surface area contributed by atoms with Gasteiger partial charge in [0.15, 0.2) is 0 Å². The van der Waals surface area contributed by atoms with Gasteiger partial charge in [-0.15, -0.1) is 0 Å². The summed E-state index contributed by atoms with van der Waals surface area (Å²) >= 11 is 0. The van der Waals surface area contributed by atoms with Crippen LogP contribution in [-0.2, 0) is 11.3 Å². The van der Waals surface area contributed by atoms with E-state index in [-0.39, 0.29) is 12.7 Å². The van der Waals surface area contributed by atoms with E-state index in [9.17, 15) is 0 Å². The molecule has 1 saturated heterocycles. The van der Waals surface area contributed by atoms with Crippen molar-refractivity contribution in [3.05, 3.63) is 18.2 Å². The molecule has 0 spiro atoms. The molecule has 1 fully saturated rings. The fourth-order valence-electron chi connectivity index (χ4n) is 2.18. The highest BCUT2D eigenvalue weighted by Gasteiger charge is 2.20. The minimum atomic E-state index is -0.0424. The van der Waals surface area contributed by atoms with Gasteiger partial charge in [-0.1, -0.05) is 0 Å². The van der Waals surface area contributed by atoms with E-state index in [4.69, 9.17) is 9.84 Å². The van der Waals surface area contributed by atoms with Crippen LogP contribution in [0.5, 0.6) is 0 Å². The average molecular weight is 239 g/mol. The molecule has 1 aromatic heterocycles. The quantitative estimate of drug-likeness (QED) is 0.838. The van der Waals surface area contributed by atoms with Crippen molar-refractivity contribution < 1.29 is 9.84 Å². The predicted octanol–water partition coefficient (Wildman–Crippen LogP) is 0.657. The van der Waals surface area contributed by atoms with E-state index in [2.05, 4.69) is 28.3 Å². The summed E-state index contributed by atoms with van der Waals surface area (Å²) < 4.78 is 7.62. The SMILES string of the molecule is CC(C)n1cncc1CN1CCOC(CO)C1. The van der Waals surface area contributed by atoms with Gasteiger partial charge in [0.05, 0.1) is 31.3 Å². The minimum absolute atomic E-state index is 0.0424. The minimum Gasteiger partial charge on any atom is -0.394 e. The lowest BCUT2D eigenvalue weighted by Gasteiger charge is -2.32. The average Bonchev–Trinajstić information content (AvgIpc) is 2.77. The summed E-state index contributed by atoms with van der Waals surface area (Å²) in [5, 5.41) is 9.11. The van der Waals surface area contributed by atoms with Crippen molar-refractivity contribution in [2.24, 2.45) is 0 Å². The molecule has 17 heavy (non-hydrogen) atoms. The first-order valence-electron chi connectivity index (χ1n) is 6.16. The Bertz CT molecular complexity index is 351. The first-order valence-corrected chi connectivity index (χ1v) is 6.16. The van der Waals surface area contributed by atoms with Crippen molar-refractivity contribution in [2.75, 3.05) is 26.3 Å². The fraction of sp³-hybridized carbons (Fsp3) is 0.750. The largest absolute Gasteiger partial charge is 0.394 e. The molecule has 1 aromatic rings. The smallest absolute Gasteiger partial charge is 0.0951 e. The van der Waals surface area contributed by atoms with Crippen LogP contribution in [0, 0.1) is 0 Å². The number of hydrogen-bond donors (Lipinski definition) is 1. The second-order valence-corrected chi connectivity index (χ2v) is 4.80. The van der Waals surface area contributed by atoms with Gasteiger partial charge in [0, 0.05) is 31.9 Å². The highest BCUT2D eigenvalue weighted by atomic mass is 16.5. The molecule has 5 nitrogen and oxygen atoms in total. The number of morpholine rings is 1. The number of rotatable bonds is 4. The van der Waals surface area contributed by atoms with E-state index in [0.717, 1.165) is 19.6 Å². The van der Waals surface area contributed by atoms with E-state index in [1.807, 2.05) is 12.5 Å². The monoisotopic (exact) mass is 239 g/mol. The molecule has 5 heteroatoms. The second-order valence-electron chi connectivity index (χ2n) is 4.80. The number of ether oxygens (including phenoxy) is 1. The zero-order chi connectivity index (χ0) is 12.3. The van der Waals surface area contributed by atoms with Crippen LogP contribution in [0.2, 0.25) is 0 Å². The third-order valence-electron chi connectivity index (χ3n) is 3.11. The van der Waals surface area contributed by atoms with Gasteiger partial charge in [-0.25, -0.2) is 4.98 Å². The third-order valence-corrected chi connectivity index (χ3v) is 3.11. The summed E-state index contributed by atoms with van der Waals surface area (Å²) in [6, 6.07) is 0.433. The van der Waals surface area contributed by atoms with Crippen LogP contribution in [0.4, 0.5) is 0 Å². The van der Waals surface area contributed by atoms with Crippen LogP contribution in [0.25, 0.3) is 0 Å². The summed E-state index contributed by atoms with van der Waals surface area (Å²) in [5.41, 5.74) is 1.22. The molecule has 1 N–H and O–H groups in total. The fourth-order valence-corrected chi connectivity index (χ4v) is 2.18. The van der Waals surface area contributed by atoms with Crippen molar-refractivity contribution in [3.63, 3.8) is 0 Å². The van der Waals surface area contributed by atoms with E-state index < -0.39 is 0 Å². The molecule has 0 bridgehead atoms. The van der Waals surface area contributed by atoms with Gasteiger partial charge in [0.1, 0.15) is 0 Å². The van der Waals surface area contributed by atoms with Crippen LogP contribution < -0.4 is 0 Å². The van der Waals surface area contributed by atoms with Gasteiger partial charge < -0.3 is 14.4 Å². The summed E-state index contributed by atoms with van der Waals surface area (Å²) in [6.07, 6.45) is 3.76. The summed E-state index contributed by atoms with van der Waals surface area (Å²) in [4.78, 5) is 6.51. The van der Waals surface area contributed by atoms with Crippen molar-refractivity contribution in [1.29, 1.82) is 0 Å². The Morgan fingerprint density at radius 3 is 3.12 bits per heavy atom. The molecule has 0 aliphatic carbocycles. The molecular weight excluding hydrogens is 218 g/mol. The normalized spacial score (nSPS) is 22.2. The van der Waals surface area contributed by atoms with Gasteiger partial charge >= 0.3 is 0 Å². The molecule has 2 rings (SSSR count). The standard InChI is InChI=1S/C12H21N3O2/c1-10(2)15-9-13-5-11(15)6-14-3-4-17-12(7-14)8-16/h5,9-10,12,16H,3-4,6-8H2,1-2H3. The lowest BCUT2D eigenvalue weighted by molar-refractivity contribution is -0.0556. The number of aliphatic hydroxyl groups is 1. The van der Waals surface area contributed by atoms with Gasteiger partial charge in [0.2, 0.25) is 0 Å². The first-order chi connectivity index (χ1) is 8.20. The predicted molar refractivity (Wildman–Crippen MR) is 64.7 cm³/mol. The van der Waals surface area contributed by atoms with Crippen LogP contribution in [-0.4, -0.2) is 52.0 Å². The van der Waals surface area contributed by atoms with E-state index in [1.165, 1.54) is 5.69 Å². The van der Waals surface area contributed by atoms with Crippen LogP contribution in [0.1, 0.15) is 25.6 Å². The maximum absolute atomic E-state index is 9.11. The van der Waals surface area contributed by atoms with E-state index in [0.29, 0.717) is 12.6 Å². The third kappa shape index (κ3) is 3.06. The van der Waals surface area contributed by atoms with Crippen molar-refractivity contribution in [3.8, 4) is 0 Å². The lowest BCUT2D eigenvalue weighted by atomic mass is 10.2. The van der Waals surface area contributed by atoms with Crippen molar-refractivity contribution in [1.82, 2.24) is 14.5 Å². The Balaban J connectivity index is 1.98. The van der Waals surface area contributed by atoms with Gasteiger partial charge in [-0.3, -0.25) is 4.90 Å². The van der Waals surface area contributed by atoms with Gasteiger partial charge in [-0.2, -0.15) is 0 Å². The maximum Gasteiger partial charge on any atom is 0.0951 e. The highest BCUT2D eigenvalue weighted by molar-refractivity contribution is 5.00. The Morgan fingerprint density at radius 2 is 2.41 bits per heavy atom. The van der Waals surface area contributed by atoms with E-state index in [1.54, 1.807) is 0 Å². The molecular formula is C12H21N3O2. The Morgan fingerprint density at radius 1 is 1.59 bits per heavy atom. The second kappa shape index (κ2) is 5.62. The van der Waals surface area contributed by atoms with Crippen molar-refractivity contribution >= 4 is 0 Å². The van der Waals surface area contributed by atoms with Crippen LogP contribution >= 0.6 is 0 Å². The zero-order valence-electron chi connectivity index (χ0n) is 10.5. The highest BCUT2D eigenvalue weighted by Crippen LogP contribution is 2.13. The Labute approximate surface area is 102 Å². The molecule has 1 unspecified atom stereocenters. The molecule has 2 heterocycles. The number of aromatic nitrogens is 2. The number of hydrogen-bond acceptors (Lipinski definition) is 4. The summed E-state index contributed by atoms with van der Waals surface area (Å²) in [5.74, 6) is 0. The number of imidazole rings is 1. The molecule has 1 aliphatic rings. The molecule has 0 amide bonds. The molecule has 0 saturated carbocycles. The molecule has 96 valence electrons. The zero-order valence-corrected chi connectivity index (χ0v) is 10.5. The lowest BCUT2D eigenvalue weighted by Crippen LogP contribution is -2.43. The van der Waals surface area contributed by atoms with Crippen LogP contribution in [0.15, 0.2) is 12.5 Å². The van der Waals surface area contributed by atoms with Gasteiger partial charge in [0.25, 0.3) is 0 Å². The van der Waals surface area contributed by atoms with Crippen molar-refractivity contribution in [2.45, 2.75) is 32.5 Å². The molecule has 1 aliphatic heterocycles. The maximum atomic E-state index is 9.11. The van der Waals surface area contributed by atoms with E-state index >= 15 is 0 Å². The molecule has 1 atom stereocenters. The summed E-state index contributed by atoms with van der Waals surface area (Å²) in [6.45, 7) is 7.68. The van der Waals surface area contributed by atoms with Gasteiger partial charge in [-0.05, 0) is 13.8 Å². The first kappa shape index (κ1) is 12.5. The molecule has 0 aromatic carbocycles. The van der Waals surface area contributed by atoms with Crippen LogP contribution in [0.3, 0.4) is 0 Å². The number of nitrogens with zero attached hydrogens (tertiary/aromatic N) is 3.